The van der Waals surface area contributed by atoms with Crippen molar-refractivity contribution in [2.75, 3.05) is 18.2 Å². The van der Waals surface area contributed by atoms with Crippen LogP contribution in [0.2, 0.25) is 0 Å². The lowest BCUT2D eigenvalue weighted by Crippen LogP contribution is -2.24. The van der Waals surface area contributed by atoms with E-state index < -0.39 is 38.5 Å². The zero-order chi connectivity index (χ0) is 22.2. The highest BCUT2D eigenvalue weighted by Crippen LogP contribution is 2.39. The number of carbonyl (C=O) groups excluding carboxylic acids is 2. The molecule has 1 aromatic carbocycles. The lowest BCUT2D eigenvalue weighted by Gasteiger charge is -2.06. The molecular formula is C19H16FN3O6S2. The number of carbonyl (C=O) groups is 2. The Kier molecular flexibility index (Phi) is 5.58. The smallest absolute Gasteiger partial charge is 0.341 e. The molecule has 0 aliphatic heterocycles. The SMILES string of the molecule is COC(=O)c1c(NC(=O)CS(=O)(=O)c2nnc(-c3ccc(F)cc3)o2)sc2c1CCC2. The number of aromatic nitrogens is 2. The van der Waals surface area contributed by atoms with Gasteiger partial charge in [0.25, 0.3) is 0 Å². The number of fused-ring (bicyclic) bond motifs is 1. The van der Waals surface area contributed by atoms with Crippen LogP contribution in [0.25, 0.3) is 11.5 Å². The summed E-state index contributed by atoms with van der Waals surface area (Å²) in [5.41, 5.74) is 1.42. The molecule has 31 heavy (non-hydrogen) atoms. The van der Waals surface area contributed by atoms with Crippen molar-refractivity contribution < 1.29 is 31.6 Å². The first-order chi connectivity index (χ1) is 14.8. The van der Waals surface area contributed by atoms with Gasteiger partial charge in [0, 0.05) is 10.4 Å². The second-order valence-corrected chi connectivity index (χ2v) is 9.71. The van der Waals surface area contributed by atoms with Crippen LogP contribution in [0.15, 0.2) is 33.9 Å². The number of ether oxygens (including phenoxy) is 1. The average Bonchev–Trinajstić information content (AvgIpc) is 3.43. The van der Waals surface area contributed by atoms with Crippen molar-refractivity contribution in [2.45, 2.75) is 24.5 Å². The number of anilines is 1. The zero-order valence-electron chi connectivity index (χ0n) is 16.2. The standard InChI is InChI=1S/C19H16FN3O6S2/c1-28-18(25)15-12-3-2-4-13(12)30-17(15)21-14(24)9-31(26,27)19-23-22-16(29-19)10-5-7-11(20)8-6-10/h5-8H,2-4,9H2,1H3,(H,21,24). The highest BCUT2D eigenvalue weighted by molar-refractivity contribution is 7.91. The fraction of sp³-hybridized carbons (Fsp3) is 0.263. The van der Waals surface area contributed by atoms with Crippen LogP contribution >= 0.6 is 11.3 Å². The van der Waals surface area contributed by atoms with E-state index in [1.54, 1.807) is 0 Å². The lowest BCUT2D eigenvalue weighted by molar-refractivity contribution is -0.113. The normalized spacial score (nSPS) is 13.1. The second-order valence-electron chi connectivity index (χ2n) is 6.74. The van der Waals surface area contributed by atoms with Crippen LogP contribution in [0.4, 0.5) is 9.39 Å². The van der Waals surface area contributed by atoms with Gasteiger partial charge in [-0.3, -0.25) is 4.79 Å². The number of benzene rings is 1. The molecule has 0 atom stereocenters. The van der Waals surface area contributed by atoms with Crippen molar-refractivity contribution in [3.63, 3.8) is 0 Å². The second kappa shape index (κ2) is 8.19. The Hall–Kier alpha value is -3.12. The summed E-state index contributed by atoms with van der Waals surface area (Å²) in [6, 6.07) is 5.05. The number of halogens is 1. The molecule has 0 saturated heterocycles. The van der Waals surface area contributed by atoms with Gasteiger partial charge in [0.05, 0.1) is 12.7 Å². The van der Waals surface area contributed by atoms with Crippen molar-refractivity contribution in [2.24, 2.45) is 0 Å². The average molecular weight is 465 g/mol. The van der Waals surface area contributed by atoms with Crippen molar-refractivity contribution in [3.05, 3.63) is 46.1 Å². The molecule has 12 heteroatoms. The molecule has 0 bridgehead atoms. The number of sulfone groups is 1. The highest BCUT2D eigenvalue weighted by Gasteiger charge is 2.30. The molecule has 2 aromatic heterocycles. The fourth-order valence-corrected chi connectivity index (χ4v) is 5.46. The summed E-state index contributed by atoms with van der Waals surface area (Å²) in [7, 11) is -3.00. The summed E-state index contributed by atoms with van der Waals surface area (Å²) < 4.78 is 48.1. The number of hydrogen-bond donors (Lipinski definition) is 1. The fourth-order valence-electron chi connectivity index (χ4n) is 3.25. The molecule has 162 valence electrons. The first kappa shape index (κ1) is 21.1. The Labute approximate surface area is 180 Å². The van der Waals surface area contributed by atoms with Gasteiger partial charge >= 0.3 is 11.2 Å². The number of rotatable bonds is 6. The maximum atomic E-state index is 13.0. The molecule has 9 nitrogen and oxygen atoms in total. The molecule has 1 aliphatic rings. The number of amides is 1. The Morgan fingerprint density at radius 2 is 1.97 bits per heavy atom. The van der Waals surface area contributed by atoms with Crippen LogP contribution in [0, 0.1) is 5.82 Å². The molecular weight excluding hydrogens is 449 g/mol. The van der Waals surface area contributed by atoms with Crippen LogP contribution in [0.1, 0.15) is 27.2 Å². The minimum absolute atomic E-state index is 0.123. The third-order valence-electron chi connectivity index (χ3n) is 4.65. The Balaban J connectivity index is 1.52. The lowest BCUT2D eigenvalue weighted by atomic mass is 10.1. The topological polar surface area (TPSA) is 128 Å². The number of thiophene rings is 1. The van der Waals surface area contributed by atoms with Crippen LogP contribution in [-0.2, 0) is 32.2 Å². The van der Waals surface area contributed by atoms with Crippen molar-refractivity contribution >= 4 is 38.1 Å². The van der Waals surface area contributed by atoms with E-state index in [4.69, 9.17) is 9.15 Å². The third kappa shape index (κ3) is 4.21. The number of methoxy groups -OCH3 is 1. The number of hydrogen-bond acceptors (Lipinski definition) is 9. The van der Waals surface area contributed by atoms with E-state index in [0.29, 0.717) is 12.0 Å². The van der Waals surface area contributed by atoms with E-state index >= 15 is 0 Å². The van der Waals surface area contributed by atoms with E-state index in [9.17, 15) is 22.4 Å². The predicted molar refractivity (Wildman–Crippen MR) is 108 cm³/mol. The zero-order valence-corrected chi connectivity index (χ0v) is 17.8. The largest absolute Gasteiger partial charge is 0.465 e. The van der Waals surface area contributed by atoms with Crippen LogP contribution in [0.5, 0.6) is 0 Å². The predicted octanol–water partition coefficient (Wildman–Crippen LogP) is 2.62. The van der Waals surface area contributed by atoms with E-state index in [-0.39, 0.29) is 16.5 Å². The molecule has 2 heterocycles. The molecule has 0 radical (unpaired) electrons. The third-order valence-corrected chi connectivity index (χ3v) is 7.20. The Morgan fingerprint density at radius 3 is 2.68 bits per heavy atom. The summed E-state index contributed by atoms with van der Waals surface area (Å²) >= 11 is 1.24. The molecule has 1 amide bonds. The van der Waals surface area contributed by atoms with Gasteiger partial charge in [-0.05, 0) is 49.1 Å². The Bertz CT molecular complexity index is 1260. The molecule has 0 saturated carbocycles. The van der Waals surface area contributed by atoms with Crippen LogP contribution in [0.3, 0.4) is 0 Å². The van der Waals surface area contributed by atoms with Gasteiger partial charge in [0.15, 0.2) is 0 Å². The minimum Gasteiger partial charge on any atom is -0.465 e. The number of nitrogens with one attached hydrogen (secondary N) is 1. The van der Waals surface area contributed by atoms with Crippen LogP contribution < -0.4 is 5.32 Å². The molecule has 0 spiro atoms. The van der Waals surface area contributed by atoms with E-state index in [1.165, 1.54) is 42.7 Å². The first-order valence-electron chi connectivity index (χ1n) is 9.13. The van der Waals surface area contributed by atoms with Gasteiger partial charge in [0.2, 0.25) is 21.6 Å². The summed E-state index contributed by atoms with van der Waals surface area (Å²) in [5.74, 6) is -2.99. The number of esters is 1. The summed E-state index contributed by atoms with van der Waals surface area (Å²) in [6.45, 7) is 0. The van der Waals surface area contributed by atoms with Gasteiger partial charge in [-0.1, -0.05) is 5.10 Å². The van der Waals surface area contributed by atoms with E-state index in [1.807, 2.05) is 0 Å². The molecule has 0 fully saturated rings. The Morgan fingerprint density at radius 1 is 1.23 bits per heavy atom. The van der Waals surface area contributed by atoms with Gasteiger partial charge in [-0.25, -0.2) is 17.6 Å². The summed E-state index contributed by atoms with van der Waals surface area (Å²) in [6.07, 6.45) is 2.38. The minimum atomic E-state index is -4.25. The summed E-state index contributed by atoms with van der Waals surface area (Å²) in [4.78, 5) is 25.6. The molecule has 3 aromatic rings. The van der Waals surface area contributed by atoms with Gasteiger partial charge in [-0.2, -0.15) is 0 Å². The molecule has 0 unspecified atom stereocenters. The van der Waals surface area contributed by atoms with Gasteiger partial charge in [-0.15, -0.1) is 16.4 Å². The maximum absolute atomic E-state index is 13.0. The number of nitrogens with zero attached hydrogens (tertiary/aromatic N) is 2. The molecule has 1 aliphatic carbocycles. The summed E-state index contributed by atoms with van der Waals surface area (Å²) in [5, 5.41) is 9.16. The first-order valence-corrected chi connectivity index (χ1v) is 11.6. The van der Waals surface area contributed by atoms with Crippen molar-refractivity contribution in [1.29, 1.82) is 0 Å². The molecule has 1 N–H and O–H groups in total. The van der Waals surface area contributed by atoms with Crippen molar-refractivity contribution in [1.82, 2.24) is 10.2 Å². The van der Waals surface area contributed by atoms with Crippen LogP contribution in [-0.4, -0.2) is 43.4 Å². The quantitative estimate of drug-likeness (QED) is 0.550. The maximum Gasteiger partial charge on any atom is 0.341 e. The van der Waals surface area contributed by atoms with Gasteiger partial charge in [0.1, 0.15) is 16.6 Å². The van der Waals surface area contributed by atoms with E-state index in [2.05, 4.69) is 15.5 Å². The van der Waals surface area contributed by atoms with E-state index in [0.717, 1.165) is 23.3 Å². The highest BCUT2D eigenvalue weighted by atomic mass is 32.2. The monoisotopic (exact) mass is 465 g/mol. The molecule has 4 rings (SSSR count). The van der Waals surface area contributed by atoms with Gasteiger partial charge < -0.3 is 14.5 Å². The van der Waals surface area contributed by atoms with Crippen molar-refractivity contribution in [3.8, 4) is 11.5 Å². The number of aryl methyl sites for hydroxylation is 1.